The number of methoxy groups -OCH3 is 1. The standard InChI is InChI=1S/C17H29F3N6O/c1-12-24-25-15(26(12)2)11-22-16(21-8-5-9-27-3)23-14-7-4-6-13(10-14)17(18,19)20/h13-14H,4-11H2,1-3H3,(H2,21,22,23). The van der Waals surface area contributed by atoms with Crippen molar-refractivity contribution in [1.29, 1.82) is 0 Å². The van der Waals surface area contributed by atoms with E-state index in [1.807, 2.05) is 18.5 Å². The maximum atomic E-state index is 13.1. The molecule has 7 nitrogen and oxygen atoms in total. The Bertz CT molecular complexity index is 616. The second kappa shape index (κ2) is 9.91. The number of hydrogen-bond acceptors (Lipinski definition) is 4. The Morgan fingerprint density at radius 2 is 2.11 bits per heavy atom. The number of aliphatic imine (C=N–C) groups is 1. The van der Waals surface area contributed by atoms with Crippen molar-refractivity contribution in [2.45, 2.75) is 57.8 Å². The van der Waals surface area contributed by atoms with Gasteiger partial charge < -0.3 is 19.9 Å². The van der Waals surface area contributed by atoms with Crippen LogP contribution in [0.1, 0.15) is 43.8 Å². The van der Waals surface area contributed by atoms with Crippen LogP contribution in [0.2, 0.25) is 0 Å². The van der Waals surface area contributed by atoms with Crippen LogP contribution in [0.25, 0.3) is 0 Å². The Morgan fingerprint density at radius 3 is 2.74 bits per heavy atom. The molecule has 0 radical (unpaired) electrons. The average molecular weight is 390 g/mol. The Balaban J connectivity index is 2.00. The lowest BCUT2D eigenvalue weighted by molar-refractivity contribution is -0.183. The number of ether oxygens (including phenoxy) is 1. The minimum absolute atomic E-state index is 0.0747. The molecule has 2 N–H and O–H groups in total. The fourth-order valence-electron chi connectivity index (χ4n) is 3.13. The number of aromatic nitrogens is 3. The summed E-state index contributed by atoms with van der Waals surface area (Å²) in [6.07, 6.45) is -1.83. The van der Waals surface area contributed by atoms with Crippen LogP contribution >= 0.6 is 0 Å². The van der Waals surface area contributed by atoms with Crippen LogP contribution < -0.4 is 10.6 Å². The van der Waals surface area contributed by atoms with E-state index >= 15 is 0 Å². The zero-order valence-electron chi connectivity index (χ0n) is 16.1. The predicted molar refractivity (Wildman–Crippen MR) is 96.3 cm³/mol. The first-order chi connectivity index (χ1) is 12.8. The molecule has 0 bridgehead atoms. The van der Waals surface area contributed by atoms with E-state index in [1.54, 1.807) is 7.11 Å². The molecule has 0 aliphatic heterocycles. The van der Waals surface area contributed by atoms with Gasteiger partial charge in [0.25, 0.3) is 0 Å². The first-order valence-electron chi connectivity index (χ1n) is 9.26. The van der Waals surface area contributed by atoms with Crippen LogP contribution in [-0.2, 0) is 18.3 Å². The molecule has 10 heteroatoms. The molecule has 27 heavy (non-hydrogen) atoms. The van der Waals surface area contributed by atoms with Gasteiger partial charge in [0.1, 0.15) is 12.4 Å². The van der Waals surface area contributed by atoms with E-state index in [-0.39, 0.29) is 18.9 Å². The lowest BCUT2D eigenvalue weighted by Crippen LogP contribution is -2.47. The highest BCUT2D eigenvalue weighted by molar-refractivity contribution is 5.80. The summed E-state index contributed by atoms with van der Waals surface area (Å²) in [5, 5.41) is 14.4. The highest BCUT2D eigenvalue weighted by Gasteiger charge is 2.42. The molecule has 0 amide bonds. The van der Waals surface area contributed by atoms with Gasteiger partial charge >= 0.3 is 6.18 Å². The van der Waals surface area contributed by atoms with Crippen LogP contribution in [0.15, 0.2) is 4.99 Å². The zero-order valence-corrected chi connectivity index (χ0v) is 16.1. The summed E-state index contributed by atoms with van der Waals surface area (Å²) in [5.41, 5.74) is 0. The molecule has 1 aliphatic rings. The Labute approximate surface area is 157 Å². The van der Waals surface area contributed by atoms with Gasteiger partial charge in [0, 0.05) is 33.4 Å². The second-order valence-electron chi connectivity index (χ2n) is 6.91. The molecular formula is C17H29F3N6O. The summed E-state index contributed by atoms with van der Waals surface area (Å²) < 4.78 is 46.0. The van der Waals surface area contributed by atoms with Crippen molar-refractivity contribution < 1.29 is 17.9 Å². The van der Waals surface area contributed by atoms with Gasteiger partial charge in [-0.05, 0) is 32.6 Å². The first kappa shape index (κ1) is 21.5. The Morgan fingerprint density at radius 1 is 1.33 bits per heavy atom. The predicted octanol–water partition coefficient (Wildman–Crippen LogP) is 2.32. The maximum absolute atomic E-state index is 13.1. The fourth-order valence-corrected chi connectivity index (χ4v) is 3.13. The summed E-state index contributed by atoms with van der Waals surface area (Å²) >= 11 is 0. The molecule has 1 saturated carbocycles. The summed E-state index contributed by atoms with van der Waals surface area (Å²) in [6, 6.07) is -0.250. The largest absolute Gasteiger partial charge is 0.391 e. The topological polar surface area (TPSA) is 76.4 Å². The monoisotopic (exact) mass is 390 g/mol. The van der Waals surface area contributed by atoms with Gasteiger partial charge in [-0.25, -0.2) is 4.99 Å². The highest BCUT2D eigenvalue weighted by Crippen LogP contribution is 2.37. The minimum atomic E-state index is -4.14. The molecule has 154 valence electrons. The number of guanidine groups is 1. The molecule has 2 atom stereocenters. The highest BCUT2D eigenvalue weighted by atomic mass is 19.4. The van der Waals surface area contributed by atoms with E-state index in [9.17, 15) is 13.2 Å². The smallest absolute Gasteiger partial charge is 0.385 e. The van der Waals surface area contributed by atoms with Crippen molar-refractivity contribution in [3.8, 4) is 0 Å². The number of alkyl halides is 3. The molecule has 2 rings (SSSR count). The Hall–Kier alpha value is -1.84. The number of rotatable bonds is 7. The molecule has 2 unspecified atom stereocenters. The normalized spacial score (nSPS) is 21.3. The van der Waals surface area contributed by atoms with E-state index in [1.165, 1.54) is 0 Å². The number of hydrogen-bond donors (Lipinski definition) is 2. The van der Waals surface area contributed by atoms with Crippen LogP contribution in [0.5, 0.6) is 0 Å². The number of nitrogens with one attached hydrogen (secondary N) is 2. The van der Waals surface area contributed by atoms with Gasteiger partial charge in [0.15, 0.2) is 11.8 Å². The summed E-state index contributed by atoms with van der Waals surface area (Å²) in [7, 11) is 3.48. The summed E-state index contributed by atoms with van der Waals surface area (Å²) in [5.74, 6) is 0.727. The molecule has 1 aliphatic carbocycles. The zero-order chi connectivity index (χ0) is 19.9. The third kappa shape index (κ3) is 6.67. The van der Waals surface area contributed by atoms with Crippen LogP contribution in [0, 0.1) is 12.8 Å². The molecular weight excluding hydrogens is 361 g/mol. The van der Waals surface area contributed by atoms with E-state index < -0.39 is 12.1 Å². The molecule has 1 aromatic rings. The SMILES string of the molecule is COCCCNC(=NCc1nnc(C)n1C)NC1CCCC(C(F)(F)F)C1. The van der Waals surface area contributed by atoms with Crippen molar-refractivity contribution in [3.05, 3.63) is 11.6 Å². The van der Waals surface area contributed by atoms with Crippen LogP contribution in [0.3, 0.4) is 0 Å². The van der Waals surface area contributed by atoms with Crippen molar-refractivity contribution in [1.82, 2.24) is 25.4 Å². The van der Waals surface area contributed by atoms with Crippen molar-refractivity contribution >= 4 is 5.96 Å². The van der Waals surface area contributed by atoms with Gasteiger partial charge in [-0.1, -0.05) is 6.42 Å². The van der Waals surface area contributed by atoms with E-state index in [0.29, 0.717) is 44.3 Å². The minimum Gasteiger partial charge on any atom is -0.385 e. The maximum Gasteiger partial charge on any atom is 0.391 e. The number of halogens is 3. The van der Waals surface area contributed by atoms with Crippen LogP contribution in [-0.4, -0.2) is 53.2 Å². The van der Waals surface area contributed by atoms with Gasteiger partial charge in [-0.15, -0.1) is 10.2 Å². The lowest BCUT2D eigenvalue weighted by Gasteiger charge is -2.32. The van der Waals surface area contributed by atoms with Gasteiger partial charge in [0.05, 0.1) is 5.92 Å². The van der Waals surface area contributed by atoms with Crippen molar-refractivity contribution in [2.24, 2.45) is 18.0 Å². The quantitative estimate of drug-likeness (QED) is 0.425. The second-order valence-corrected chi connectivity index (χ2v) is 6.91. The molecule has 1 fully saturated rings. The summed E-state index contributed by atoms with van der Waals surface area (Å²) in [4.78, 5) is 4.50. The fraction of sp³-hybridized carbons (Fsp3) is 0.824. The van der Waals surface area contributed by atoms with Crippen molar-refractivity contribution in [2.75, 3.05) is 20.3 Å². The van der Waals surface area contributed by atoms with E-state index in [2.05, 4.69) is 25.8 Å². The third-order valence-electron chi connectivity index (χ3n) is 4.86. The number of nitrogens with zero attached hydrogens (tertiary/aromatic N) is 4. The van der Waals surface area contributed by atoms with E-state index in [0.717, 1.165) is 12.2 Å². The van der Waals surface area contributed by atoms with Gasteiger partial charge in [0.2, 0.25) is 0 Å². The molecule has 1 aromatic heterocycles. The molecule has 0 spiro atoms. The molecule has 0 aromatic carbocycles. The number of aryl methyl sites for hydroxylation is 1. The third-order valence-corrected chi connectivity index (χ3v) is 4.86. The molecule has 1 heterocycles. The van der Waals surface area contributed by atoms with Crippen molar-refractivity contribution in [3.63, 3.8) is 0 Å². The van der Waals surface area contributed by atoms with Crippen LogP contribution in [0.4, 0.5) is 13.2 Å². The lowest BCUT2D eigenvalue weighted by atomic mass is 9.85. The Kier molecular flexibility index (Phi) is 7.88. The summed E-state index contributed by atoms with van der Waals surface area (Å²) in [6.45, 7) is 3.36. The first-order valence-corrected chi connectivity index (χ1v) is 9.26. The molecule has 0 saturated heterocycles. The average Bonchev–Trinajstić information content (AvgIpc) is 2.94. The van der Waals surface area contributed by atoms with E-state index in [4.69, 9.17) is 4.74 Å². The van der Waals surface area contributed by atoms with Gasteiger partial charge in [-0.3, -0.25) is 0 Å². The van der Waals surface area contributed by atoms with Gasteiger partial charge in [-0.2, -0.15) is 13.2 Å².